The molecule has 0 atom stereocenters. The summed E-state index contributed by atoms with van der Waals surface area (Å²) in [4.78, 5) is 30.2. The summed E-state index contributed by atoms with van der Waals surface area (Å²) >= 11 is 7.17. The molecule has 0 fully saturated rings. The summed E-state index contributed by atoms with van der Waals surface area (Å²) in [5, 5.41) is 3.49. The van der Waals surface area contributed by atoms with Crippen molar-refractivity contribution in [1.29, 1.82) is 0 Å². The van der Waals surface area contributed by atoms with Crippen LogP contribution < -0.4 is 11.1 Å². The van der Waals surface area contributed by atoms with Gasteiger partial charge in [0.1, 0.15) is 0 Å². The average molecular weight is 453 g/mol. The molecule has 29 heavy (non-hydrogen) atoms. The quantitative estimate of drug-likeness (QED) is 0.479. The van der Waals surface area contributed by atoms with Gasteiger partial charge in [-0.15, -0.1) is 0 Å². The Hall–Kier alpha value is -2.73. The summed E-state index contributed by atoms with van der Waals surface area (Å²) in [6.07, 6.45) is 0. The zero-order valence-electron chi connectivity index (χ0n) is 14.8. The fourth-order valence-electron chi connectivity index (χ4n) is 2.66. The SMILES string of the molecule is CN(CC(=O)Nc1nc2ccc(Cl)cc2s1)S(=O)(=O)c1ccc2[nH]c(=O)oc2c1. The second kappa shape index (κ2) is 7.26. The number of sulfonamides is 1. The van der Waals surface area contributed by atoms with Crippen LogP contribution in [0.4, 0.5) is 5.13 Å². The maximum Gasteiger partial charge on any atom is 0.417 e. The number of halogens is 1. The number of aromatic amines is 1. The van der Waals surface area contributed by atoms with Crippen LogP contribution in [-0.2, 0) is 14.8 Å². The van der Waals surface area contributed by atoms with Crippen molar-refractivity contribution in [2.24, 2.45) is 0 Å². The number of carbonyl (C=O) groups is 1. The number of amides is 1. The molecule has 12 heteroatoms. The van der Waals surface area contributed by atoms with Crippen LogP contribution in [-0.4, -0.2) is 42.2 Å². The summed E-state index contributed by atoms with van der Waals surface area (Å²) < 4.78 is 32.1. The average Bonchev–Trinajstić information content (AvgIpc) is 3.21. The molecule has 0 bridgehead atoms. The van der Waals surface area contributed by atoms with Gasteiger partial charge in [0.15, 0.2) is 10.7 Å². The van der Waals surface area contributed by atoms with Crippen molar-refractivity contribution in [1.82, 2.24) is 14.3 Å². The molecule has 0 spiro atoms. The van der Waals surface area contributed by atoms with Crippen molar-refractivity contribution in [3.8, 4) is 0 Å². The molecule has 4 aromatic rings. The van der Waals surface area contributed by atoms with E-state index in [9.17, 15) is 18.0 Å². The minimum atomic E-state index is -3.98. The van der Waals surface area contributed by atoms with Crippen LogP contribution in [0.1, 0.15) is 0 Å². The van der Waals surface area contributed by atoms with Crippen LogP contribution in [0.5, 0.6) is 0 Å². The molecule has 0 radical (unpaired) electrons. The minimum Gasteiger partial charge on any atom is -0.408 e. The molecule has 1 amide bonds. The smallest absolute Gasteiger partial charge is 0.408 e. The third-order valence-corrected chi connectivity index (χ3v) is 7.03. The van der Waals surface area contributed by atoms with Crippen molar-refractivity contribution in [2.45, 2.75) is 4.90 Å². The van der Waals surface area contributed by atoms with E-state index in [-0.39, 0.29) is 10.5 Å². The first-order valence-corrected chi connectivity index (χ1v) is 10.8. The molecule has 0 unspecified atom stereocenters. The van der Waals surface area contributed by atoms with Crippen LogP contribution in [0.2, 0.25) is 5.02 Å². The molecule has 0 saturated heterocycles. The van der Waals surface area contributed by atoms with E-state index in [1.165, 1.54) is 36.6 Å². The molecule has 2 heterocycles. The van der Waals surface area contributed by atoms with E-state index in [0.29, 0.717) is 21.2 Å². The highest BCUT2D eigenvalue weighted by Gasteiger charge is 2.24. The molecule has 9 nitrogen and oxygen atoms in total. The van der Waals surface area contributed by atoms with E-state index in [0.717, 1.165) is 9.01 Å². The number of carbonyl (C=O) groups excluding carboxylic acids is 1. The molecule has 0 aliphatic heterocycles. The number of aromatic nitrogens is 2. The van der Waals surface area contributed by atoms with Gasteiger partial charge < -0.3 is 9.73 Å². The monoisotopic (exact) mass is 452 g/mol. The summed E-state index contributed by atoms with van der Waals surface area (Å²) in [6, 6.07) is 9.14. The lowest BCUT2D eigenvalue weighted by Crippen LogP contribution is -2.34. The predicted molar refractivity (Wildman–Crippen MR) is 110 cm³/mol. The number of likely N-dealkylation sites (N-methyl/N-ethyl adjacent to an activating group) is 1. The molecule has 4 rings (SSSR count). The molecule has 2 aromatic heterocycles. The molecule has 2 N–H and O–H groups in total. The van der Waals surface area contributed by atoms with Gasteiger partial charge in [-0.3, -0.25) is 9.78 Å². The van der Waals surface area contributed by atoms with E-state index in [4.69, 9.17) is 16.0 Å². The van der Waals surface area contributed by atoms with Gasteiger partial charge in [0, 0.05) is 18.1 Å². The van der Waals surface area contributed by atoms with Crippen LogP contribution in [0.25, 0.3) is 21.3 Å². The Morgan fingerprint density at radius 2 is 2.10 bits per heavy atom. The van der Waals surface area contributed by atoms with Gasteiger partial charge in [0.05, 0.1) is 27.2 Å². The predicted octanol–water partition coefficient (Wildman–Crippen LogP) is 2.64. The zero-order valence-corrected chi connectivity index (χ0v) is 17.2. The van der Waals surface area contributed by atoms with Gasteiger partial charge in [-0.1, -0.05) is 22.9 Å². The second-order valence-electron chi connectivity index (χ2n) is 6.11. The standard InChI is InChI=1S/C17H13ClN4O5S2/c1-22(29(25,26)10-3-5-11-13(7-10)27-17(24)20-11)8-15(23)21-16-19-12-4-2-9(18)6-14(12)28-16/h2-7H,8H2,1H3,(H,20,24)(H,19,21,23). The van der Waals surface area contributed by atoms with E-state index in [1.54, 1.807) is 18.2 Å². The van der Waals surface area contributed by atoms with Crippen molar-refractivity contribution >= 4 is 65.3 Å². The van der Waals surface area contributed by atoms with Crippen LogP contribution in [0.15, 0.2) is 50.5 Å². The Morgan fingerprint density at radius 3 is 2.90 bits per heavy atom. The lowest BCUT2D eigenvalue weighted by Gasteiger charge is -2.16. The maximum absolute atomic E-state index is 12.7. The zero-order chi connectivity index (χ0) is 20.8. The number of nitrogens with one attached hydrogen (secondary N) is 2. The summed E-state index contributed by atoms with van der Waals surface area (Å²) in [7, 11) is -2.69. The minimum absolute atomic E-state index is 0.0994. The van der Waals surface area contributed by atoms with Crippen LogP contribution in [0, 0.1) is 0 Å². The fourth-order valence-corrected chi connectivity index (χ4v) is 4.97. The molecular weight excluding hydrogens is 440 g/mol. The van der Waals surface area contributed by atoms with E-state index in [2.05, 4.69) is 15.3 Å². The topological polar surface area (TPSA) is 125 Å². The lowest BCUT2D eigenvalue weighted by molar-refractivity contribution is -0.116. The Morgan fingerprint density at radius 1 is 1.31 bits per heavy atom. The number of H-pyrrole nitrogens is 1. The highest BCUT2D eigenvalue weighted by molar-refractivity contribution is 7.89. The molecule has 0 aliphatic carbocycles. The number of oxazole rings is 1. The number of anilines is 1. The largest absolute Gasteiger partial charge is 0.417 e. The molecule has 0 aliphatic rings. The van der Waals surface area contributed by atoms with Gasteiger partial charge in [0.25, 0.3) is 0 Å². The molecule has 0 saturated carbocycles. The van der Waals surface area contributed by atoms with Crippen molar-refractivity contribution < 1.29 is 17.6 Å². The Labute approximate surface area is 173 Å². The van der Waals surface area contributed by atoms with E-state index in [1.807, 2.05) is 0 Å². The first-order chi connectivity index (χ1) is 13.7. The van der Waals surface area contributed by atoms with Crippen LogP contribution >= 0.6 is 22.9 Å². The van der Waals surface area contributed by atoms with E-state index >= 15 is 0 Å². The summed E-state index contributed by atoms with van der Waals surface area (Å²) in [5.41, 5.74) is 1.17. The van der Waals surface area contributed by atoms with Crippen molar-refractivity contribution in [2.75, 3.05) is 18.9 Å². The third kappa shape index (κ3) is 3.90. The fraction of sp³-hybridized carbons (Fsp3) is 0.118. The summed E-state index contributed by atoms with van der Waals surface area (Å²) in [5.74, 6) is -1.23. The summed E-state index contributed by atoms with van der Waals surface area (Å²) in [6.45, 7) is -0.422. The van der Waals surface area contributed by atoms with Gasteiger partial charge in [-0.2, -0.15) is 4.31 Å². The number of hydrogen-bond acceptors (Lipinski definition) is 7. The number of thiazole rings is 1. The van der Waals surface area contributed by atoms with E-state index < -0.39 is 28.2 Å². The van der Waals surface area contributed by atoms with Gasteiger partial charge in [-0.05, 0) is 30.3 Å². The first-order valence-electron chi connectivity index (χ1n) is 8.17. The number of benzene rings is 2. The second-order valence-corrected chi connectivity index (χ2v) is 9.62. The number of nitrogens with zero attached hydrogens (tertiary/aromatic N) is 2. The Bertz CT molecular complexity index is 1410. The van der Waals surface area contributed by atoms with Gasteiger partial charge in [-0.25, -0.2) is 18.2 Å². The van der Waals surface area contributed by atoms with Crippen LogP contribution in [0.3, 0.4) is 0 Å². The highest BCUT2D eigenvalue weighted by atomic mass is 35.5. The molecule has 150 valence electrons. The normalized spacial score (nSPS) is 12.1. The Kier molecular flexibility index (Phi) is 4.90. The lowest BCUT2D eigenvalue weighted by atomic mass is 10.3. The molecular formula is C17H13ClN4O5S2. The maximum atomic E-state index is 12.7. The molecule has 2 aromatic carbocycles. The number of rotatable bonds is 5. The van der Waals surface area contributed by atoms with Gasteiger partial charge >= 0.3 is 5.76 Å². The first kappa shape index (κ1) is 19.6. The van der Waals surface area contributed by atoms with Crippen molar-refractivity contribution in [3.63, 3.8) is 0 Å². The highest BCUT2D eigenvalue weighted by Crippen LogP contribution is 2.28. The number of fused-ring (bicyclic) bond motifs is 2. The van der Waals surface area contributed by atoms with Gasteiger partial charge in [0.2, 0.25) is 15.9 Å². The third-order valence-electron chi connectivity index (χ3n) is 4.06. The Balaban J connectivity index is 1.50. The van der Waals surface area contributed by atoms with Crippen molar-refractivity contribution in [3.05, 3.63) is 52.0 Å². The number of hydrogen-bond donors (Lipinski definition) is 2.